The molecule has 0 heterocycles. The molecule has 0 bridgehead atoms. The van der Waals surface area contributed by atoms with Crippen molar-refractivity contribution in [3.8, 4) is 0 Å². The Morgan fingerprint density at radius 3 is 0.500 bits per heavy atom. The zero-order valence-corrected chi connectivity index (χ0v) is 33.4. The quantitative estimate of drug-likeness (QED) is 0.129. The van der Waals surface area contributed by atoms with E-state index in [1.807, 2.05) is 0 Å². The minimum Gasteiger partial charge on any atom is -0.387 e. The van der Waals surface area contributed by atoms with Gasteiger partial charge in [0.2, 0.25) is 17.3 Å². The number of hydrogen-bond acceptors (Lipinski definition) is 12. The van der Waals surface area contributed by atoms with Crippen LogP contribution in [0.4, 0.5) is 0 Å². The van der Waals surface area contributed by atoms with E-state index in [1.165, 1.54) is 0 Å². The van der Waals surface area contributed by atoms with E-state index in [1.54, 1.807) is 125 Å². The van der Waals surface area contributed by atoms with Crippen LogP contribution in [0, 0.1) is 32.5 Å². The number of rotatable bonds is 3. The van der Waals surface area contributed by atoms with Crippen LogP contribution in [0.15, 0.2) is 0 Å². The topological polar surface area (TPSA) is 181 Å². The number of ether oxygens (including phenoxy) is 3. The second kappa shape index (κ2) is 17.8. The fourth-order valence-electron chi connectivity index (χ4n) is 1.77. The van der Waals surface area contributed by atoms with Crippen molar-refractivity contribution in [3.63, 3.8) is 0 Å². The fraction of sp³-hybridized carbons (Fsp3) is 0.727. The van der Waals surface area contributed by atoms with Gasteiger partial charge in [0, 0.05) is 36.0 Å². The number of Topliss-reactive ketones (excluding diaryl/α,β-unsaturated/α-hetero) is 3. The van der Waals surface area contributed by atoms with Gasteiger partial charge in [-0.3, -0.25) is 28.8 Å². The van der Waals surface area contributed by atoms with Crippen LogP contribution < -0.4 is 0 Å². The Morgan fingerprint density at radius 2 is 0.413 bits per heavy atom. The molecule has 13 heteroatoms. The van der Waals surface area contributed by atoms with E-state index in [0.29, 0.717) is 0 Å². The van der Waals surface area contributed by atoms with Gasteiger partial charge in [-0.25, -0.2) is 14.4 Å². The van der Waals surface area contributed by atoms with Crippen molar-refractivity contribution in [1.29, 1.82) is 0 Å². The van der Waals surface area contributed by atoms with Gasteiger partial charge in [-0.15, -0.1) is 0 Å². The number of esters is 6. The van der Waals surface area contributed by atoms with E-state index in [9.17, 15) is 43.2 Å². The molecule has 0 unspecified atom stereocenters. The monoisotopic (exact) mass is 711 g/mol. The van der Waals surface area contributed by atoms with E-state index in [-0.39, 0.29) is 19.8 Å². The Morgan fingerprint density at radius 1 is 0.283 bits per heavy atom. The largest absolute Gasteiger partial charge is 0.387 e. The number of carbonyl (C=O) groups excluding carboxylic acids is 9. The van der Waals surface area contributed by atoms with Gasteiger partial charge in [0.1, 0.15) is 0 Å². The minimum absolute atomic E-state index is 0. The molecule has 3 radical (unpaired) electrons. The molecule has 0 atom stereocenters. The van der Waals surface area contributed by atoms with Crippen LogP contribution in [-0.2, 0) is 57.4 Å². The van der Waals surface area contributed by atoms with Gasteiger partial charge in [0.05, 0.1) is 16.2 Å². The average Bonchev–Trinajstić information content (AvgIpc) is 2.79. The first-order valence-electron chi connectivity index (χ1n) is 14.3. The van der Waals surface area contributed by atoms with E-state index < -0.39 is 85.7 Å². The first-order chi connectivity index (χ1) is 19.4. The zero-order chi connectivity index (χ0) is 37.3. The maximum atomic E-state index is 11.4. The van der Waals surface area contributed by atoms with Crippen molar-refractivity contribution in [2.45, 2.75) is 125 Å². The standard InChI is InChI=1S/3C11H18O4.Ga/c3*1-10(2,3)7(12)8(13)15-9(14)11(4,5)6;/h3*1-6H3;. The van der Waals surface area contributed by atoms with Crippen molar-refractivity contribution in [1.82, 2.24) is 0 Å². The van der Waals surface area contributed by atoms with Gasteiger partial charge in [0.25, 0.3) is 0 Å². The number of carbonyl (C=O) groups is 9. The predicted octanol–water partition coefficient (Wildman–Crippen LogP) is 4.77. The SMILES string of the molecule is CC(C)(C)C(=O)OC(=O)C(=O)C(C)(C)C.CC(C)(C)C(=O)OC(=O)C(=O)C(C)(C)C.CC(C)(C)C(=O)OC(=O)C(=O)C(C)(C)C.[Ga]. The third-order valence-corrected chi connectivity index (χ3v) is 4.99. The molecule has 0 aromatic carbocycles. The Balaban J connectivity index is -0.000000285. The predicted molar refractivity (Wildman–Crippen MR) is 171 cm³/mol. The van der Waals surface area contributed by atoms with Gasteiger partial charge < -0.3 is 14.2 Å². The third-order valence-electron chi connectivity index (χ3n) is 4.99. The average molecular weight is 713 g/mol. The van der Waals surface area contributed by atoms with Crippen LogP contribution >= 0.6 is 0 Å². The molecule has 0 amide bonds. The molecule has 0 aliphatic heterocycles. The Labute approximate surface area is 286 Å². The molecule has 0 aliphatic rings. The zero-order valence-electron chi connectivity index (χ0n) is 31.0. The minimum atomic E-state index is -1.08. The molecule has 0 saturated heterocycles. The maximum absolute atomic E-state index is 11.4. The van der Waals surface area contributed by atoms with Crippen LogP contribution in [0.2, 0.25) is 0 Å². The first kappa shape index (κ1) is 49.9. The molecule has 0 N–H and O–H groups in total. The molecule has 12 nitrogen and oxygen atoms in total. The molecular formula is C33H54GaO12. The van der Waals surface area contributed by atoms with Crippen LogP contribution in [0.3, 0.4) is 0 Å². The Kier molecular flexibility index (Phi) is 19.4. The van der Waals surface area contributed by atoms with Gasteiger partial charge >= 0.3 is 35.8 Å². The summed E-state index contributed by atoms with van der Waals surface area (Å²) in [5, 5.41) is 0. The number of hydrogen-bond donors (Lipinski definition) is 0. The summed E-state index contributed by atoms with van der Waals surface area (Å²) >= 11 is 0. The Bertz CT molecular complexity index is 1020. The molecule has 261 valence electrons. The van der Waals surface area contributed by atoms with E-state index >= 15 is 0 Å². The van der Waals surface area contributed by atoms with E-state index in [0.717, 1.165) is 0 Å². The third kappa shape index (κ3) is 20.2. The van der Waals surface area contributed by atoms with Crippen LogP contribution in [0.1, 0.15) is 125 Å². The van der Waals surface area contributed by atoms with E-state index in [2.05, 4.69) is 14.2 Å². The van der Waals surface area contributed by atoms with Crippen LogP contribution in [0.25, 0.3) is 0 Å². The van der Waals surface area contributed by atoms with E-state index in [4.69, 9.17) is 0 Å². The molecule has 0 aromatic rings. The summed E-state index contributed by atoms with van der Waals surface area (Å²) in [6.45, 7) is 28.9. The van der Waals surface area contributed by atoms with Crippen molar-refractivity contribution in [2.24, 2.45) is 32.5 Å². The van der Waals surface area contributed by atoms with Gasteiger partial charge in [-0.05, 0) is 62.3 Å². The summed E-state index contributed by atoms with van der Waals surface area (Å²) in [5.41, 5.74) is -4.82. The molecule has 0 aromatic heterocycles. The summed E-state index contributed by atoms with van der Waals surface area (Å²) in [7, 11) is 0. The first-order valence-corrected chi connectivity index (χ1v) is 14.3. The van der Waals surface area contributed by atoms with Crippen LogP contribution in [-0.4, -0.2) is 73.0 Å². The summed E-state index contributed by atoms with van der Waals surface area (Å²) in [4.78, 5) is 102. The van der Waals surface area contributed by atoms with Gasteiger partial charge in [-0.1, -0.05) is 62.3 Å². The molecule has 0 spiro atoms. The van der Waals surface area contributed by atoms with Crippen LogP contribution in [0.5, 0.6) is 0 Å². The summed E-state index contributed by atoms with van der Waals surface area (Å²) in [6.07, 6.45) is 0. The molecule has 0 rings (SSSR count). The smallest absolute Gasteiger partial charge is 0.382 e. The summed E-state index contributed by atoms with van der Waals surface area (Å²) in [5.74, 6) is -7.40. The second-order valence-electron chi connectivity index (χ2n) is 16.5. The van der Waals surface area contributed by atoms with Crippen molar-refractivity contribution in [3.05, 3.63) is 0 Å². The fourth-order valence-corrected chi connectivity index (χ4v) is 1.77. The maximum Gasteiger partial charge on any atom is 0.382 e. The Hall–Kier alpha value is -2.93. The number of ketones is 3. The molecule has 0 fully saturated rings. The van der Waals surface area contributed by atoms with Crippen molar-refractivity contribution >= 4 is 73.0 Å². The summed E-state index contributed by atoms with van der Waals surface area (Å²) in [6, 6.07) is 0. The second-order valence-corrected chi connectivity index (χ2v) is 16.5. The molecule has 46 heavy (non-hydrogen) atoms. The molecule has 0 saturated carbocycles. The van der Waals surface area contributed by atoms with Crippen molar-refractivity contribution < 1.29 is 57.4 Å². The van der Waals surface area contributed by atoms with Gasteiger partial charge in [0.15, 0.2) is 0 Å². The molecular weight excluding hydrogens is 658 g/mol. The molecule has 0 aliphatic carbocycles. The van der Waals surface area contributed by atoms with Gasteiger partial charge in [-0.2, -0.15) is 0 Å². The normalized spacial score (nSPS) is 11.9. The van der Waals surface area contributed by atoms with Crippen molar-refractivity contribution in [2.75, 3.05) is 0 Å². The summed E-state index contributed by atoms with van der Waals surface area (Å²) < 4.78 is 13.4.